The lowest BCUT2D eigenvalue weighted by Gasteiger charge is -2.10. The van der Waals surface area contributed by atoms with Crippen LogP contribution in [0, 0.1) is 6.92 Å². The van der Waals surface area contributed by atoms with E-state index in [0.717, 1.165) is 0 Å². The molecule has 5 nitrogen and oxygen atoms in total. The number of carboxylic acids is 1. The second-order valence-electron chi connectivity index (χ2n) is 2.95. The molecule has 1 atom stereocenters. The molecule has 0 radical (unpaired) electrons. The van der Waals surface area contributed by atoms with Gasteiger partial charge in [-0.1, -0.05) is 0 Å². The van der Waals surface area contributed by atoms with Crippen molar-refractivity contribution in [2.24, 2.45) is 0 Å². The highest BCUT2D eigenvalue weighted by molar-refractivity contribution is 5.75. The number of nitrogens with zero attached hydrogens (tertiary/aromatic N) is 2. The molecule has 1 unspecified atom stereocenters. The minimum atomic E-state index is -0.908. The number of aromatic nitrogens is 2. The zero-order valence-electron chi connectivity index (χ0n) is 8.31. The van der Waals surface area contributed by atoms with Gasteiger partial charge in [-0.05, 0) is 13.8 Å². The number of carbonyl (C=O) groups is 1. The third-order valence-electron chi connectivity index (χ3n) is 2.05. The molecule has 14 heavy (non-hydrogen) atoms. The van der Waals surface area contributed by atoms with E-state index in [9.17, 15) is 4.79 Å². The molecule has 0 fully saturated rings. The van der Waals surface area contributed by atoms with Gasteiger partial charge in [0.05, 0.1) is 18.7 Å². The molecule has 0 saturated carbocycles. The van der Waals surface area contributed by atoms with Crippen molar-refractivity contribution >= 4 is 5.97 Å². The van der Waals surface area contributed by atoms with Crippen LogP contribution in [0.4, 0.5) is 0 Å². The largest absolute Gasteiger partial charge is 0.481 e. The van der Waals surface area contributed by atoms with Gasteiger partial charge in [-0.25, -0.2) is 9.97 Å². The van der Waals surface area contributed by atoms with Crippen LogP contribution >= 0.6 is 0 Å². The highest BCUT2D eigenvalue weighted by atomic mass is 16.5. The van der Waals surface area contributed by atoms with Crippen LogP contribution in [0.2, 0.25) is 0 Å². The lowest BCUT2D eigenvalue weighted by Crippen LogP contribution is -2.12. The zero-order valence-corrected chi connectivity index (χ0v) is 8.31. The molecule has 76 valence electrons. The minimum Gasteiger partial charge on any atom is -0.481 e. The van der Waals surface area contributed by atoms with E-state index in [2.05, 4.69) is 9.97 Å². The van der Waals surface area contributed by atoms with Crippen LogP contribution in [-0.4, -0.2) is 28.2 Å². The standard InChI is InChI=1S/C9H12N2O3/c1-5-7(6(2)9(12)13)10-4-11-8(5)14-3/h4,6H,1-3H3,(H,12,13). The Balaban J connectivity index is 3.15. The average Bonchev–Trinajstić information content (AvgIpc) is 2.17. The summed E-state index contributed by atoms with van der Waals surface area (Å²) in [4.78, 5) is 18.6. The Morgan fingerprint density at radius 1 is 1.57 bits per heavy atom. The zero-order chi connectivity index (χ0) is 10.7. The van der Waals surface area contributed by atoms with Crippen molar-refractivity contribution in [3.05, 3.63) is 17.6 Å². The van der Waals surface area contributed by atoms with E-state index in [4.69, 9.17) is 9.84 Å². The molecule has 0 bridgehead atoms. The van der Waals surface area contributed by atoms with Crippen LogP contribution in [0.1, 0.15) is 24.1 Å². The quantitative estimate of drug-likeness (QED) is 0.780. The van der Waals surface area contributed by atoms with Crippen molar-refractivity contribution in [2.75, 3.05) is 7.11 Å². The van der Waals surface area contributed by atoms with Crippen molar-refractivity contribution in [3.63, 3.8) is 0 Å². The van der Waals surface area contributed by atoms with Crippen LogP contribution < -0.4 is 4.74 Å². The molecule has 0 spiro atoms. The Labute approximate surface area is 81.8 Å². The summed E-state index contributed by atoms with van der Waals surface area (Å²) < 4.78 is 4.97. The first-order valence-corrected chi connectivity index (χ1v) is 4.16. The Hall–Kier alpha value is -1.65. The molecule has 0 aromatic carbocycles. The SMILES string of the molecule is COc1ncnc(C(C)C(=O)O)c1C. The van der Waals surface area contributed by atoms with Crippen molar-refractivity contribution in [1.29, 1.82) is 0 Å². The van der Waals surface area contributed by atoms with E-state index in [0.29, 0.717) is 17.1 Å². The number of hydrogen-bond acceptors (Lipinski definition) is 4. The molecule has 1 aromatic heterocycles. The monoisotopic (exact) mass is 196 g/mol. The van der Waals surface area contributed by atoms with Gasteiger partial charge in [-0.15, -0.1) is 0 Å². The average molecular weight is 196 g/mol. The van der Waals surface area contributed by atoms with Crippen molar-refractivity contribution in [1.82, 2.24) is 9.97 Å². The molecule has 0 saturated heterocycles. The second-order valence-corrected chi connectivity index (χ2v) is 2.95. The normalized spacial score (nSPS) is 12.2. The Kier molecular flexibility index (Phi) is 3.01. The smallest absolute Gasteiger partial charge is 0.312 e. The van der Waals surface area contributed by atoms with Gasteiger partial charge in [0.15, 0.2) is 0 Å². The van der Waals surface area contributed by atoms with E-state index in [-0.39, 0.29) is 0 Å². The minimum absolute atomic E-state index is 0.420. The van der Waals surface area contributed by atoms with Crippen molar-refractivity contribution < 1.29 is 14.6 Å². The van der Waals surface area contributed by atoms with Crippen molar-refractivity contribution in [3.8, 4) is 5.88 Å². The third-order valence-corrected chi connectivity index (χ3v) is 2.05. The maximum absolute atomic E-state index is 10.8. The molecule has 1 rings (SSSR count). The topological polar surface area (TPSA) is 72.3 Å². The molecule has 5 heteroatoms. The summed E-state index contributed by atoms with van der Waals surface area (Å²) >= 11 is 0. The summed E-state index contributed by atoms with van der Waals surface area (Å²) in [7, 11) is 1.49. The lowest BCUT2D eigenvalue weighted by atomic mass is 10.0. The van der Waals surface area contributed by atoms with E-state index in [1.807, 2.05) is 0 Å². The predicted molar refractivity (Wildman–Crippen MR) is 49.4 cm³/mol. The summed E-state index contributed by atoms with van der Waals surface area (Å²) in [5, 5.41) is 8.82. The van der Waals surface area contributed by atoms with Crippen molar-refractivity contribution in [2.45, 2.75) is 19.8 Å². The molecule has 1 heterocycles. The maximum Gasteiger partial charge on any atom is 0.312 e. The van der Waals surface area contributed by atoms with Gasteiger partial charge in [-0.3, -0.25) is 4.79 Å². The van der Waals surface area contributed by atoms with Crippen LogP contribution in [0.3, 0.4) is 0 Å². The Bertz CT molecular complexity index is 352. The maximum atomic E-state index is 10.8. The van der Waals surface area contributed by atoms with Crippen LogP contribution in [0.5, 0.6) is 5.88 Å². The Morgan fingerprint density at radius 3 is 2.71 bits per heavy atom. The summed E-state index contributed by atoms with van der Waals surface area (Å²) in [6.45, 7) is 3.32. The highest BCUT2D eigenvalue weighted by Crippen LogP contribution is 2.22. The van der Waals surface area contributed by atoms with Gasteiger partial charge in [0.25, 0.3) is 0 Å². The Morgan fingerprint density at radius 2 is 2.21 bits per heavy atom. The molecular formula is C9H12N2O3. The fourth-order valence-electron chi connectivity index (χ4n) is 1.21. The van der Waals surface area contributed by atoms with E-state index < -0.39 is 11.9 Å². The van der Waals surface area contributed by atoms with Crippen LogP contribution in [0.15, 0.2) is 6.33 Å². The first kappa shape index (κ1) is 10.4. The first-order valence-electron chi connectivity index (χ1n) is 4.16. The van der Waals surface area contributed by atoms with Gasteiger partial charge >= 0.3 is 5.97 Å². The summed E-state index contributed by atoms with van der Waals surface area (Å²) in [6, 6.07) is 0. The number of carboxylic acid groups (broad SMARTS) is 1. The first-order chi connectivity index (χ1) is 6.57. The number of rotatable bonds is 3. The van der Waals surface area contributed by atoms with Gasteiger partial charge in [-0.2, -0.15) is 0 Å². The molecule has 0 amide bonds. The molecular weight excluding hydrogens is 184 g/mol. The predicted octanol–water partition coefficient (Wildman–Crippen LogP) is 0.982. The van der Waals surface area contributed by atoms with E-state index >= 15 is 0 Å². The van der Waals surface area contributed by atoms with Crippen LogP contribution in [0.25, 0.3) is 0 Å². The molecule has 0 aliphatic rings. The molecule has 0 aliphatic carbocycles. The number of hydrogen-bond donors (Lipinski definition) is 1. The van der Waals surface area contributed by atoms with Gasteiger partial charge < -0.3 is 9.84 Å². The van der Waals surface area contributed by atoms with Gasteiger partial charge in [0.1, 0.15) is 6.33 Å². The number of ether oxygens (including phenoxy) is 1. The fourth-order valence-corrected chi connectivity index (χ4v) is 1.21. The number of methoxy groups -OCH3 is 1. The van der Waals surface area contributed by atoms with Gasteiger partial charge in [0, 0.05) is 5.56 Å². The summed E-state index contributed by atoms with van der Waals surface area (Å²) in [5.74, 6) is -1.14. The number of aliphatic carboxylic acids is 1. The second kappa shape index (κ2) is 4.04. The van der Waals surface area contributed by atoms with Gasteiger partial charge in [0.2, 0.25) is 5.88 Å². The fraction of sp³-hybridized carbons (Fsp3) is 0.444. The summed E-state index contributed by atoms with van der Waals surface area (Å²) in [6.07, 6.45) is 1.31. The molecule has 1 aromatic rings. The lowest BCUT2D eigenvalue weighted by molar-refractivity contribution is -0.138. The molecule has 0 aliphatic heterocycles. The summed E-state index contributed by atoms with van der Waals surface area (Å²) in [5.41, 5.74) is 1.16. The highest BCUT2D eigenvalue weighted by Gasteiger charge is 2.19. The third kappa shape index (κ3) is 1.81. The van der Waals surface area contributed by atoms with Crippen LogP contribution in [-0.2, 0) is 4.79 Å². The van der Waals surface area contributed by atoms with E-state index in [1.54, 1.807) is 13.8 Å². The molecule has 1 N–H and O–H groups in total. The van der Waals surface area contributed by atoms with E-state index in [1.165, 1.54) is 13.4 Å².